The Balaban J connectivity index is 1.95. The number of aliphatic carboxylic acids is 1. The highest BCUT2D eigenvalue weighted by Crippen LogP contribution is 2.12. The Bertz CT molecular complexity index is 649. The molecule has 1 unspecified atom stereocenters. The van der Waals surface area contributed by atoms with Gasteiger partial charge < -0.3 is 19.6 Å². The largest absolute Gasteiger partial charge is 0.480 e. The lowest BCUT2D eigenvalue weighted by Crippen LogP contribution is -2.51. The standard InChI is InChI=1S/C17H23N3O5/c1-12-3-4-18-8-14(12)7-16(22)19-5-6-25-15(9-19)10-20(13(2)21)11-17(23)24/h3-4,8,15H,5-7,9-11H2,1-2H3,(H,23,24). The zero-order valence-corrected chi connectivity index (χ0v) is 14.5. The van der Waals surface area contributed by atoms with Crippen molar-refractivity contribution >= 4 is 17.8 Å². The molecule has 2 rings (SSSR count). The summed E-state index contributed by atoms with van der Waals surface area (Å²) in [6, 6.07) is 1.86. The van der Waals surface area contributed by atoms with Crippen molar-refractivity contribution in [1.29, 1.82) is 0 Å². The smallest absolute Gasteiger partial charge is 0.323 e. The summed E-state index contributed by atoms with van der Waals surface area (Å²) in [4.78, 5) is 41.9. The molecule has 1 aromatic heterocycles. The van der Waals surface area contributed by atoms with Crippen molar-refractivity contribution in [1.82, 2.24) is 14.8 Å². The molecule has 2 heterocycles. The van der Waals surface area contributed by atoms with Crippen molar-refractivity contribution in [2.45, 2.75) is 26.4 Å². The van der Waals surface area contributed by atoms with Crippen LogP contribution in [0.25, 0.3) is 0 Å². The van der Waals surface area contributed by atoms with Crippen LogP contribution in [0.4, 0.5) is 0 Å². The SMILES string of the molecule is CC(=O)N(CC(=O)O)CC1CN(C(=O)Cc2cnccc2C)CCO1. The van der Waals surface area contributed by atoms with Gasteiger partial charge >= 0.3 is 5.97 Å². The topological polar surface area (TPSA) is 100 Å². The second-order valence-corrected chi connectivity index (χ2v) is 6.10. The van der Waals surface area contributed by atoms with E-state index in [2.05, 4.69) is 4.98 Å². The molecule has 0 aliphatic carbocycles. The van der Waals surface area contributed by atoms with E-state index in [1.165, 1.54) is 11.8 Å². The maximum atomic E-state index is 12.5. The van der Waals surface area contributed by atoms with E-state index >= 15 is 0 Å². The molecule has 0 spiro atoms. The zero-order chi connectivity index (χ0) is 18.4. The van der Waals surface area contributed by atoms with Crippen LogP contribution in [0.5, 0.6) is 0 Å². The van der Waals surface area contributed by atoms with Crippen LogP contribution >= 0.6 is 0 Å². The number of rotatable bonds is 6. The van der Waals surface area contributed by atoms with E-state index in [1.54, 1.807) is 17.3 Å². The number of amides is 2. The summed E-state index contributed by atoms with van der Waals surface area (Å²) in [6.07, 6.45) is 3.25. The zero-order valence-electron chi connectivity index (χ0n) is 14.5. The average molecular weight is 349 g/mol. The second kappa shape index (κ2) is 8.57. The Labute approximate surface area is 146 Å². The van der Waals surface area contributed by atoms with Gasteiger partial charge in [0.2, 0.25) is 11.8 Å². The maximum Gasteiger partial charge on any atom is 0.323 e. The number of carbonyl (C=O) groups is 3. The quantitative estimate of drug-likeness (QED) is 0.781. The normalized spacial score (nSPS) is 17.2. The van der Waals surface area contributed by atoms with E-state index in [9.17, 15) is 14.4 Å². The Morgan fingerprint density at radius 3 is 2.84 bits per heavy atom. The highest BCUT2D eigenvalue weighted by molar-refractivity contribution is 5.80. The molecule has 0 bridgehead atoms. The first kappa shape index (κ1) is 18.9. The number of carboxylic acids is 1. The van der Waals surface area contributed by atoms with Gasteiger partial charge in [-0.1, -0.05) is 0 Å². The lowest BCUT2D eigenvalue weighted by Gasteiger charge is -2.35. The van der Waals surface area contributed by atoms with E-state index in [-0.39, 0.29) is 31.3 Å². The van der Waals surface area contributed by atoms with Crippen LogP contribution in [-0.2, 0) is 25.5 Å². The number of aromatic nitrogens is 1. The monoisotopic (exact) mass is 349 g/mol. The molecule has 0 aromatic carbocycles. The van der Waals surface area contributed by atoms with Gasteiger partial charge in [0.05, 0.1) is 19.1 Å². The number of pyridine rings is 1. The van der Waals surface area contributed by atoms with Gasteiger partial charge in [-0.15, -0.1) is 0 Å². The lowest BCUT2D eigenvalue weighted by atomic mass is 10.1. The van der Waals surface area contributed by atoms with Crippen molar-refractivity contribution in [3.05, 3.63) is 29.6 Å². The predicted molar refractivity (Wildman–Crippen MR) is 88.9 cm³/mol. The van der Waals surface area contributed by atoms with E-state index in [4.69, 9.17) is 9.84 Å². The number of hydrogen-bond acceptors (Lipinski definition) is 5. The summed E-state index contributed by atoms with van der Waals surface area (Å²) >= 11 is 0. The summed E-state index contributed by atoms with van der Waals surface area (Å²) in [7, 11) is 0. The van der Waals surface area contributed by atoms with Gasteiger partial charge in [0, 0.05) is 39.0 Å². The summed E-state index contributed by atoms with van der Waals surface area (Å²) in [6.45, 7) is 4.20. The third-order valence-corrected chi connectivity index (χ3v) is 4.18. The molecule has 1 atom stereocenters. The fourth-order valence-electron chi connectivity index (χ4n) is 2.73. The minimum atomic E-state index is -1.08. The minimum absolute atomic E-state index is 0.0305. The summed E-state index contributed by atoms with van der Waals surface area (Å²) < 4.78 is 5.60. The number of ether oxygens (including phenoxy) is 1. The first-order valence-corrected chi connectivity index (χ1v) is 8.13. The molecule has 8 heteroatoms. The summed E-state index contributed by atoms with van der Waals surface area (Å²) in [5.74, 6) is -1.44. The van der Waals surface area contributed by atoms with Crippen LogP contribution in [0.15, 0.2) is 18.5 Å². The molecule has 0 radical (unpaired) electrons. The number of carbonyl (C=O) groups excluding carboxylic acids is 2. The third kappa shape index (κ3) is 5.53. The van der Waals surface area contributed by atoms with Gasteiger partial charge in [0.15, 0.2) is 0 Å². The first-order chi connectivity index (χ1) is 11.9. The van der Waals surface area contributed by atoms with Gasteiger partial charge in [-0.05, 0) is 24.1 Å². The Morgan fingerprint density at radius 2 is 2.20 bits per heavy atom. The molecule has 25 heavy (non-hydrogen) atoms. The molecule has 1 aliphatic heterocycles. The number of hydrogen-bond donors (Lipinski definition) is 1. The van der Waals surface area contributed by atoms with Gasteiger partial charge in [0.25, 0.3) is 0 Å². The van der Waals surface area contributed by atoms with Crippen molar-refractivity contribution in [2.24, 2.45) is 0 Å². The van der Waals surface area contributed by atoms with Gasteiger partial charge in [-0.2, -0.15) is 0 Å². The molecule has 136 valence electrons. The van der Waals surface area contributed by atoms with Gasteiger partial charge in [-0.25, -0.2) is 0 Å². The van der Waals surface area contributed by atoms with Crippen LogP contribution in [0.2, 0.25) is 0 Å². The van der Waals surface area contributed by atoms with Crippen LogP contribution in [0, 0.1) is 6.92 Å². The van der Waals surface area contributed by atoms with Gasteiger partial charge in [-0.3, -0.25) is 19.4 Å². The Hall–Kier alpha value is -2.48. The molecule has 1 saturated heterocycles. The van der Waals surface area contributed by atoms with Crippen LogP contribution < -0.4 is 0 Å². The van der Waals surface area contributed by atoms with Crippen molar-refractivity contribution in [2.75, 3.05) is 32.8 Å². The maximum absolute atomic E-state index is 12.5. The van der Waals surface area contributed by atoms with E-state index in [0.29, 0.717) is 19.7 Å². The number of aryl methyl sites for hydroxylation is 1. The van der Waals surface area contributed by atoms with Crippen molar-refractivity contribution in [3.63, 3.8) is 0 Å². The molecular formula is C17H23N3O5. The molecule has 2 amide bonds. The highest BCUT2D eigenvalue weighted by atomic mass is 16.5. The molecule has 1 aliphatic rings. The minimum Gasteiger partial charge on any atom is -0.480 e. The van der Waals surface area contributed by atoms with Crippen LogP contribution in [0.3, 0.4) is 0 Å². The van der Waals surface area contributed by atoms with Gasteiger partial charge in [0.1, 0.15) is 6.54 Å². The molecule has 1 aromatic rings. The van der Waals surface area contributed by atoms with Crippen LogP contribution in [0.1, 0.15) is 18.1 Å². The lowest BCUT2D eigenvalue weighted by molar-refractivity contribution is -0.147. The number of nitrogens with zero attached hydrogens (tertiary/aromatic N) is 3. The summed E-state index contributed by atoms with van der Waals surface area (Å²) in [5, 5.41) is 8.89. The molecule has 8 nitrogen and oxygen atoms in total. The molecular weight excluding hydrogens is 326 g/mol. The fraction of sp³-hybridized carbons (Fsp3) is 0.529. The van der Waals surface area contributed by atoms with Crippen LogP contribution in [-0.4, -0.2) is 76.6 Å². The average Bonchev–Trinajstić information content (AvgIpc) is 2.56. The van der Waals surface area contributed by atoms with E-state index < -0.39 is 12.1 Å². The predicted octanol–water partition coefficient (Wildman–Crippen LogP) is 0.0930. The highest BCUT2D eigenvalue weighted by Gasteiger charge is 2.27. The third-order valence-electron chi connectivity index (χ3n) is 4.18. The molecule has 0 saturated carbocycles. The van der Waals surface area contributed by atoms with Crippen molar-refractivity contribution in [3.8, 4) is 0 Å². The number of morpholine rings is 1. The Kier molecular flexibility index (Phi) is 6.46. The molecule has 1 N–H and O–H groups in total. The van der Waals surface area contributed by atoms with E-state index in [1.807, 2.05) is 13.0 Å². The molecule has 1 fully saturated rings. The fourth-order valence-corrected chi connectivity index (χ4v) is 2.73. The summed E-state index contributed by atoms with van der Waals surface area (Å²) in [5.41, 5.74) is 1.89. The van der Waals surface area contributed by atoms with Crippen molar-refractivity contribution < 1.29 is 24.2 Å². The second-order valence-electron chi connectivity index (χ2n) is 6.10. The van der Waals surface area contributed by atoms with E-state index in [0.717, 1.165) is 11.1 Å². The number of carboxylic acid groups (broad SMARTS) is 1. The Morgan fingerprint density at radius 1 is 1.44 bits per heavy atom. The first-order valence-electron chi connectivity index (χ1n) is 8.13.